The Labute approximate surface area is 113 Å². The van der Waals surface area contributed by atoms with E-state index in [0.29, 0.717) is 17.1 Å². The summed E-state index contributed by atoms with van der Waals surface area (Å²) in [5.41, 5.74) is 6.56. The molecule has 0 aliphatic heterocycles. The number of hydrogen-bond acceptors (Lipinski definition) is 3. The van der Waals surface area contributed by atoms with Crippen molar-refractivity contribution in [2.24, 2.45) is 5.73 Å². The van der Waals surface area contributed by atoms with E-state index >= 15 is 0 Å². The maximum atomic E-state index is 11.9. The monoisotopic (exact) mass is 269 g/mol. The average molecular weight is 270 g/mol. The van der Waals surface area contributed by atoms with E-state index in [-0.39, 0.29) is 5.91 Å². The number of hydrogen-bond donors (Lipinski definition) is 2. The summed E-state index contributed by atoms with van der Waals surface area (Å²) in [6.07, 6.45) is 0.572. The van der Waals surface area contributed by atoms with Crippen LogP contribution in [0.2, 0.25) is 5.02 Å². The molecule has 0 aliphatic carbocycles. The average Bonchev–Trinajstić information content (AvgIpc) is 2.28. The highest BCUT2D eigenvalue weighted by molar-refractivity contribution is 6.33. The van der Waals surface area contributed by atoms with Crippen LogP contribution in [0.4, 0.5) is 11.4 Å². The van der Waals surface area contributed by atoms with Crippen LogP contribution in [-0.2, 0) is 4.79 Å². The molecule has 0 aromatic heterocycles. The van der Waals surface area contributed by atoms with Gasteiger partial charge in [-0.3, -0.25) is 4.79 Å². The Morgan fingerprint density at radius 2 is 2.11 bits per heavy atom. The van der Waals surface area contributed by atoms with E-state index < -0.39 is 5.54 Å². The molecule has 18 heavy (non-hydrogen) atoms. The van der Waals surface area contributed by atoms with E-state index in [4.69, 9.17) is 17.3 Å². The molecule has 0 heterocycles. The van der Waals surface area contributed by atoms with Crippen molar-refractivity contribution in [3.63, 3.8) is 0 Å². The van der Waals surface area contributed by atoms with Crippen molar-refractivity contribution in [1.82, 2.24) is 0 Å². The number of carbonyl (C=O) groups is 1. The molecule has 0 aliphatic rings. The fraction of sp³-hybridized carbons (Fsp3) is 0.462. The van der Waals surface area contributed by atoms with Gasteiger partial charge in [-0.1, -0.05) is 18.5 Å². The molecule has 100 valence electrons. The van der Waals surface area contributed by atoms with Crippen LogP contribution in [0.25, 0.3) is 0 Å². The standard InChI is InChI=1S/C13H20ClN3O/c1-5-13(2,15)12(18)16-9-6-7-11(17(3)4)10(14)8-9/h6-8H,5,15H2,1-4H3,(H,16,18). The maximum absolute atomic E-state index is 11.9. The van der Waals surface area contributed by atoms with Crippen LogP contribution in [-0.4, -0.2) is 25.5 Å². The summed E-state index contributed by atoms with van der Waals surface area (Å²) in [5.74, 6) is -0.210. The minimum absolute atomic E-state index is 0.210. The maximum Gasteiger partial charge on any atom is 0.244 e. The van der Waals surface area contributed by atoms with Gasteiger partial charge in [0.25, 0.3) is 0 Å². The number of rotatable bonds is 4. The Morgan fingerprint density at radius 1 is 1.50 bits per heavy atom. The third kappa shape index (κ3) is 3.37. The van der Waals surface area contributed by atoms with Crippen LogP contribution in [0.3, 0.4) is 0 Å². The second-order valence-corrected chi connectivity index (χ2v) is 5.19. The van der Waals surface area contributed by atoms with Crippen LogP contribution >= 0.6 is 11.6 Å². The van der Waals surface area contributed by atoms with Gasteiger partial charge in [-0.15, -0.1) is 0 Å². The number of halogens is 1. The second kappa shape index (κ2) is 5.59. The van der Waals surface area contributed by atoms with Crippen LogP contribution in [0.5, 0.6) is 0 Å². The normalized spacial score (nSPS) is 13.9. The molecule has 0 saturated heterocycles. The van der Waals surface area contributed by atoms with Gasteiger partial charge in [-0.25, -0.2) is 0 Å². The fourth-order valence-corrected chi connectivity index (χ4v) is 1.73. The van der Waals surface area contributed by atoms with Gasteiger partial charge >= 0.3 is 0 Å². The SMILES string of the molecule is CCC(C)(N)C(=O)Nc1ccc(N(C)C)c(Cl)c1. The van der Waals surface area contributed by atoms with E-state index in [0.717, 1.165) is 5.69 Å². The fourth-order valence-electron chi connectivity index (χ4n) is 1.38. The molecule has 1 aromatic rings. The highest BCUT2D eigenvalue weighted by Gasteiger charge is 2.25. The minimum atomic E-state index is -0.868. The molecular weight excluding hydrogens is 250 g/mol. The minimum Gasteiger partial charge on any atom is -0.376 e. The van der Waals surface area contributed by atoms with E-state index in [1.54, 1.807) is 13.0 Å². The van der Waals surface area contributed by atoms with Crippen LogP contribution in [0.15, 0.2) is 18.2 Å². The summed E-state index contributed by atoms with van der Waals surface area (Å²) in [5, 5.41) is 3.36. The number of nitrogens with two attached hydrogens (primary N) is 1. The van der Waals surface area contributed by atoms with Crippen LogP contribution in [0.1, 0.15) is 20.3 Å². The van der Waals surface area contributed by atoms with Crippen molar-refractivity contribution in [2.75, 3.05) is 24.3 Å². The summed E-state index contributed by atoms with van der Waals surface area (Å²) in [7, 11) is 3.82. The molecule has 1 rings (SSSR count). The Kier molecular flexibility index (Phi) is 4.59. The first-order chi connectivity index (χ1) is 8.27. The lowest BCUT2D eigenvalue weighted by atomic mass is 9.99. The zero-order chi connectivity index (χ0) is 13.9. The topological polar surface area (TPSA) is 58.4 Å². The zero-order valence-electron chi connectivity index (χ0n) is 11.2. The first-order valence-electron chi connectivity index (χ1n) is 5.85. The number of benzene rings is 1. The molecule has 1 amide bonds. The first-order valence-corrected chi connectivity index (χ1v) is 6.23. The molecule has 5 heteroatoms. The number of anilines is 2. The lowest BCUT2D eigenvalue weighted by molar-refractivity contribution is -0.120. The lowest BCUT2D eigenvalue weighted by Crippen LogP contribution is -2.47. The summed E-state index contributed by atoms with van der Waals surface area (Å²) in [6.45, 7) is 3.58. The van der Waals surface area contributed by atoms with E-state index in [1.807, 2.05) is 38.1 Å². The quantitative estimate of drug-likeness (QED) is 0.883. The predicted octanol–water partition coefficient (Wildman–Crippen LogP) is 2.47. The highest BCUT2D eigenvalue weighted by Crippen LogP contribution is 2.27. The van der Waals surface area contributed by atoms with Crippen LogP contribution < -0.4 is 16.0 Å². The third-order valence-electron chi connectivity index (χ3n) is 2.94. The van der Waals surface area contributed by atoms with Gasteiger partial charge in [0, 0.05) is 19.8 Å². The smallest absolute Gasteiger partial charge is 0.244 e. The Balaban J connectivity index is 2.88. The summed E-state index contributed by atoms with van der Waals surface area (Å²) >= 11 is 6.13. The van der Waals surface area contributed by atoms with Gasteiger partial charge in [0.2, 0.25) is 5.91 Å². The molecule has 3 N–H and O–H groups in total. The molecule has 4 nitrogen and oxygen atoms in total. The molecule has 0 bridgehead atoms. The molecule has 1 unspecified atom stereocenters. The van der Waals surface area contributed by atoms with Crippen molar-refractivity contribution in [2.45, 2.75) is 25.8 Å². The van der Waals surface area contributed by atoms with Crippen molar-refractivity contribution in [1.29, 1.82) is 0 Å². The molecule has 1 atom stereocenters. The van der Waals surface area contributed by atoms with Crippen molar-refractivity contribution in [3.8, 4) is 0 Å². The molecule has 0 radical (unpaired) electrons. The number of nitrogens with one attached hydrogen (secondary N) is 1. The zero-order valence-corrected chi connectivity index (χ0v) is 12.0. The highest BCUT2D eigenvalue weighted by atomic mass is 35.5. The van der Waals surface area contributed by atoms with Gasteiger partial charge in [-0.05, 0) is 31.5 Å². The van der Waals surface area contributed by atoms with E-state index in [9.17, 15) is 4.79 Å². The van der Waals surface area contributed by atoms with E-state index in [2.05, 4.69) is 5.32 Å². The van der Waals surface area contributed by atoms with Crippen LogP contribution in [0, 0.1) is 0 Å². The van der Waals surface area contributed by atoms with Gasteiger partial charge < -0.3 is 16.0 Å². The molecule has 1 aromatic carbocycles. The van der Waals surface area contributed by atoms with Crippen molar-refractivity contribution >= 4 is 28.9 Å². The predicted molar refractivity (Wildman–Crippen MR) is 77.3 cm³/mol. The number of amides is 1. The molecular formula is C13H20ClN3O. The Hall–Kier alpha value is -1.26. The molecule has 0 fully saturated rings. The summed E-state index contributed by atoms with van der Waals surface area (Å²) in [4.78, 5) is 13.8. The summed E-state index contributed by atoms with van der Waals surface area (Å²) in [6, 6.07) is 5.39. The third-order valence-corrected chi connectivity index (χ3v) is 3.24. The summed E-state index contributed by atoms with van der Waals surface area (Å²) < 4.78 is 0. The number of nitrogens with zero attached hydrogens (tertiary/aromatic N) is 1. The van der Waals surface area contributed by atoms with Gasteiger partial charge in [-0.2, -0.15) is 0 Å². The van der Waals surface area contributed by atoms with Gasteiger partial charge in [0.15, 0.2) is 0 Å². The number of carbonyl (C=O) groups excluding carboxylic acids is 1. The first kappa shape index (κ1) is 14.8. The molecule has 0 spiro atoms. The lowest BCUT2D eigenvalue weighted by Gasteiger charge is -2.22. The molecule has 0 saturated carbocycles. The van der Waals surface area contributed by atoms with Gasteiger partial charge in [0.05, 0.1) is 16.2 Å². The Morgan fingerprint density at radius 3 is 2.56 bits per heavy atom. The second-order valence-electron chi connectivity index (χ2n) is 4.79. The van der Waals surface area contributed by atoms with Crippen molar-refractivity contribution in [3.05, 3.63) is 23.2 Å². The largest absolute Gasteiger partial charge is 0.376 e. The van der Waals surface area contributed by atoms with Gasteiger partial charge in [0.1, 0.15) is 0 Å². The van der Waals surface area contributed by atoms with E-state index in [1.165, 1.54) is 0 Å². The van der Waals surface area contributed by atoms with Crippen molar-refractivity contribution < 1.29 is 4.79 Å². The Bertz CT molecular complexity index is 444.